The molecule has 0 aliphatic rings. The smallest absolute Gasteiger partial charge is 0.250 e. The normalized spacial score (nSPS) is 11.0. The standard InChI is InChI=1S/C28H29N5O4S/c1-18-6-10-21(11-7-18)27-31-32-28(33(27)22-12-8-19(2)9-13-22)38-17-25(34)30-29-16-20-14-23(35-3)26(37-5)24(15-20)36-4/h6-16H,17H2,1-5H3,(H,30,34)/b29-16-. The van der Waals surface area contributed by atoms with Crippen LogP contribution in [0.3, 0.4) is 0 Å². The number of carbonyl (C=O) groups is 1. The van der Waals surface area contributed by atoms with Gasteiger partial charge in [0.25, 0.3) is 5.91 Å². The summed E-state index contributed by atoms with van der Waals surface area (Å²) in [5, 5.41) is 13.5. The zero-order valence-electron chi connectivity index (χ0n) is 21.9. The molecular formula is C28H29N5O4S. The Morgan fingerprint density at radius 3 is 2.11 bits per heavy atom. The van der Waals surface area contributed by atoms with Crippen LogP contribution in [0.4, 0.5) is 0 Å². The molecule has 0 aliphatic carbocycles. The lowest BCUT2D eigenvalue weighted by atomic mass is 10.1. The van der Waals surface area contributed by atoms with Gasteiger partial charge in [0.2, 0.25) is 5.75 Å². The molecule has 38 heavy (non-hydrogen) atoms. The zero-order valence-corrected chi connectivity index (χ0v) is 22.7. The van der Waals surface area contributed by atoms with E-state index >= 15 is 0 Å². The van der Waals surface area contributed by atoms with Gasteiger partial charge in [-0.3, -0.25) is 9.36 Å². The van der Waals surface area contributed by atoms with Crippen molar-refractivity contribution in [3.05, 3.63) is 77.4 Å². The van der Waals surface area contributed by atoms with E-state index in [-0.39, 0.29) is 11.7 Å². The van der Waals surface area contributed by atoms with Gasteiger partial charge in [0.15, 0.2) is 22.5 Å². The van der Waals surface area contributed by atoms with Gasteiger partial charge < -0.3 is 14.2 Å². The number of carbonyl (C=O) groups excluding carboxylic acids is 1. The lowest BCUT2D eigenvalue weighted by molar-refractivity contribution is -0.118. The second kappa shape index (κ2) is 12.3. The fourth-order valence-corrected chi connectivity index (χ4v) is 4.44. The average Bonchev–Trinajstić information content (AvgIpc) is 3.36. The fourth-order valence-electron chi connectivity index (χ4n) is 3.70. The Morgan fingerprint density at radius 2 is 1.53 bits per heavy atom. The van der Waals surface area contributed by atoms with Crippen LogP contribution in [0, 0.1) is 13.8 Å². The van der Waals surface area contributed by atoms with Crippen LogP contribution in [0.15, 0.2) is 70.9 Å². The van der Waals surface area contributed by atoms with Crippen molar-refractivity contribution >= 4 is 23.9 Å². The molecule has 1 aromatic heterocycles. The molecule has 0 spiro atoms. The Balaban J connectivity index is 1.49. The Bertz CT molecular complexity index is 1410. The van der Waals surface area contributed by atoms with Gasteiger partial charge in [0.1, 0.15) is 0 Å². The van der Waals surface area contributed by atoms with Crippen LogP contribution in [-0.2, 0) is 4.79 Å². The van der Waals surface area contributed by atoms with Gasteiger partial charge in [0.05, 0.1) is 33.3 Å². The van der Waals surface area contributed by atoms with Crippen LogP contribution in [0.25, 0.3) is 17.1 Å². The van der Waals surface area contributed by atoms with Crippen LogP contribution >= 0.6 is 11.8 Å². The largest absolute Gasteiger partial charge is 0.493 e. The van der Waals surface area contributed by atoms with Crippen LogP contribution < -0.4 is 19.6 Å². The summed E-state index contributed by atoms with van der Waals surface area (Å²) in [4.78, 5) is 12.6. The van der Waals surface area contributed by atoms with E-state index in [0.717, 1.165) is 22.4 Å². The number of hydrogen-bond donors (Lipinski definition) is 1. The molecule has 4 rings (SSSR count). The van der Waals surface area contributed by atoms with E-state index in [1.165, 1.54) is 39.3 Å². The minimum Gasteiger partial charge on any atom is -0.493 e. The van der Waals surface area contributed by atoms with Crippen molar-refractivity contribution in [3.63, 3.8) is 0 Å². The molecule has 0 saturated heterocycles. The highest BCUT2D eigenvalue weighted by Gasteiger charge is 2.17. The molecule has 0 saturated carbocycles. The second-order valence-corrected chi connectivity index (χ2v) is 9.33. The molecule has 196 valence electrons. The second-order valence-electron chi connectivity index (χ2n) is 8.38. The third-order valence-electron chi connectivity index (χ3n) is 5.66. The molecule has 4 aromatic rings. The number of hydrogen-bond acceptors (Lipinski definition) is 8. The number of amides is 1. The number of rotatable bonds is 10. The minimum absolute atomic E-state index is 0.102. The molecule has 0 fully saturated rings. The lowest BCUT2D eigenvalue weighted by Gasteiger charge is -2.12. The topological polar surface area (TPSA) is 99.9 Å². The maximum Gasteiger partial charge on any atom is 0.250 e. The van der Waals surface area contributed by atoms with Gasteiger partial charge in [-0.05, 0) is 38.1 Å². The number of aryl methyl sites for hydroxylation is 2. The SMILES string of the molecule is COc1cc(/C=N\NC(=O)CSc2nnc(-c3ccc(C)cc3)n2-c2ccc(C)cc2)cc(OC)c1OC. The first-order valence-corrected chi connectivity index (χ1v) is 12.8. The summed E-state index contributed by atoms with van der Waals surface area (Å²) in [6, 6.07) is 19.7. The number of ether oxygens (including phenoxy) is 3. The number of benzene rings is 3. The van der Waals surface area contributed by atoms with Crippen molar-refractivity contribution in [3.8, 4) is 34.3 Å². The first-order chi connectivity index (χ1) is 18.4. The highest BCUT2D eigenvalue weighted by atomic mass is 32.2. The highest BCUT2D eigenvalue weighted by Crippen LogP contribution is 2.37. The van der Waals surface area contributed by atoms with E-state index in [9.17, 15) is 4.79 Å². The quantitative estimate of drug-likeness (QED) is 0.178. The van der Waals surface area contributed by atoms with Gasteiger partial charge >= 0.3 is 0 Å². The number of nitrogens with one attached hydrogen (secondary N) is 1. The van der Waals surface area contributed by atoms with E-state index < -0.39 is 0 Å². The molecule has 0 bridgehead atoms. The number of nitrogens with zero attached hydrogens (tertiary/aromatic N) is 4. The molecule has 3 aromatic carbocycles. The molecule has 1 N–H and O–H groups in total. The summed E-state index contributed by atoms with van der Waals surface area (Å²) in [5.41, 5.74) is 7.40. The average molecular weight is 532 g/mol. The summed E-state index contributed by atoms with van der Waals surface area (Å²) in [6.45, 7) is 4.08. The van der Waals surface area contributed by atoms with E-state index in [4.69, 9.17) is 14.2 Å². The molecule has 9 nitrogen and oxygen atoms in total. The third kappa shape index (κ3) is 6.15. The molecule has 0 unspecified atom stereocenters. The van der Waals surface area contributed by atoms with E-state index in [1.54, 1.807) is 12.1 Å². The predicted molar refractivity (Wildman–Crippen MR) is 149 cm³/mol. The fraction of sp³-hybridized carbons (Fsp3) is 0.214. The van der Waals surface area contributed by atoms with Gasteiger partial charge in [-0.2, -0.15) is 5.10 Å². The van der Waals surface area contributed by atoms with Crippen LogP contribution in [0.2, 0.25) is 0 Å². The molecule has 0 atom stereocenters. The van der Waals surface area contributed by atoms with Crippen molar-refractivity contribution in [1.82, 2.24) is 20.2 Å². The number of aromatic nitrogens is 3. The van der Waals surface area contributed by atoms with Crippen molar-refractivity contribution < 1.29 is 19.0 Å². The highest BCUT2D eigenvalue weighted by molar-refractivity contribution is 7.99. The first kappa shape index (κ1) is 26.7. The lowest BCUT2D eigenvalue weighted by Crippen LogP contribution is -2.20. The maximum absolute atomic E-state index is 12.6. The Kier molecular flexibility index (Phi) is 8.65. The summed E-state index contributed by atoms with van der Waals surface area (Å²) in [5.74, 6) is 2.00. The first-order valence-electron chi connectivity index (χ1n) is 11.8. The van der Waals surface area contributed by atoms with E-state index in [1.807, 2.05) is 66.9 Å². The molecule has 10 heteroatoms. The summed E-state index contributed by atoms with van der Waals surface area (Å²) >= 11 is 1.28. The van der Waals surface area contributed by atoms with Gasteiger partial charge in [-0.25, -0.2) is 5.43 Å². The van der Waals surface area contributed by atoms with Crippen molar-refractivity contribution in [1.29, 1.82) is 0 Å². The van der Waals surface area contributed by atoms with Gasteiger partial charge in [-0.1, -0.05) is 59.3 Å². The molecular weight excluding hydrogens is 502 g/mol. The molecule has 0 radical (unpaired) electrons. The maximum atomic E-state index is 12.6. The van der Waals surface area contributed by atoms with Gasteiger partial charge in [0, 0.05) is 16.8 Å². The molecule has 0 aliphatic heterocycles. The van der Waals surface area contributed by atoms with E-state index in [2.05, 4.69) is 20.7 Å². The zero-order chi connectivity index (χ0) is 27.1. The molecule has 1 heterocycles. The number of thioether (sulfide) groups is 1. The van der Waals surface area contributed by atoms with Crippen LogP contribution in [-0.4, -0.2) is 54.0 Å². The minimum atomic E-state index is -0.283. The monoisotopic (exact) mass is 531 g/mol. The summed E-state index contributed by atoms with van der Waals surface area (Å²) < 4.78 is 18.0. The Morgan fingerprint density at radius 1 is 0.921 bits per heavy atom. The van der Waals surface area contributed by atoms with E-state index in [0.29, 0.717) is 33.8 Å². The molecule has 1 amide bonds. The summed E-state index contributed by atoms with van der Waals surface area (Å²) in [7, 11) is 4.61. The van der Waals surface area contributed by atoms with Crippen molar-refractivity contribution in [2.24, 2.45) is 5.10 Å². The van der Waals surface area contributed by atoms with Crippen LogP contribution in [0.5, 0.6) is 17.2 Å². The van der Waals surface area contributed by atoms with Crippen LogP contribution in [0.1, 0.15) is 16.7 Å². The third-order valence-corrected chi connectivity index (χ3v) is 6.59. The van der Waals surface area contributed by atoms with Crippen molar-refractivity contribution in [2.45, 2.75) is 19.0 Å². The van der Waals surface area contributed by atoms with Crippen molar-refractivity contribution in [2.75, 3.05) is 27.1 Å². The Labute approximate surface area is 225 Å². The summed E-state index contributed by atoms with van der Waals surface area (Å²) in [6.07, 6.45) is 1.51. The number of methoxy groups -OCH3 is 3. The number of hydrazone groups is 1. The Hall–Kier alpha value is -4.31. The van der Waals surface area contributed by atoms with Gasteiger partial charge in [-0.15, -0.1) is 10.2 Å². The predicted octanol–water partition coefficient (Wildman–Crippen LogP) is 4.82.